The molecule has 0 aromatic heterocycles. The van der Waals surface area contributed by atoms with Crippen molar-refractivity contribution >= 4 is 23.6 Å². The maximum Gasteiger partial charge on any atom is 0.242 e. The van der Waals surface area contributed by atoms with Crippen molar-refractivity contribution in [2.75, 3.05) is 32.8 Å². The summed E-state index contributed by atoms with van der Waals surface area (Å²) < 4.78 is 21.7. The summed E-state index contributed by atoms with van der Waals surface area (Å²) in [7, 11) is 0. The molecule has 12 atom stereocenters. The van der Waals surface area contributed by atoms with Crippen LogP contribution in [0.15, 0.2) is 0 Å². The first kappa shape index (κ1) is 39.9. The van der Waals surface area contributed by atoms with Crippen molar-refractivity contribution in [1.82, 2.24) is 20.9 Å². The highest BCUT2D eigenvalue weighted by molar-refractivity contribution is 5.94. The number of aliphatic hydroxyl groups is 6. The summed E-state index contributed by atoms with van der Waals surface area (Å²) in [4.78, 5) is 52.9. The fourth-order valence-electron chi connectivity index (χ4n) is 5.89. The van der Waals surface area contributed by atoms with Crippen LogP contribution in [-0.4, -0.2) is 166 Å². The van der Waals surface area contributed by atoms with Crippen molar-refractivity contribution in [1.29, 1.82) is 0 Å². The number of carbonyl (C=O) groups excluding carboxylic acids is 4. The lowest BCUT2D eigenvalue weighted by molar-refractivity contribution is -0.292. The average Bonchev–Trinajstić information content (AvgIpc) is 3.51. The van der Waals surface area contributed by atoms with Gasteiger partial charge in [-0.05, 0) is 46.5 Å². The van der Waals surface area contributed by atoms with Gasteiger partial charge < -0.3 is 70.4 Å². The third-order valence-corrected chi connectivity index (χ3v) is 8.68. The number of hydrogen-bond donors (Lipinski definition) is 9. The summed E-state index contributed by atoms with van der Waals surface area (Å²) >= 11 is 0. The van der Waals surface area contributed by atoms with Crippen molar-refractivity contribution in [2.24, 2.45) is 0 Å². The van der Waals surface area contributed by atoms with E-state index in [1.165, 1.54) is 18.7 Å². The molecule has 0 saturated carbocycles. The molecule has 0 radical (unpaired) electrons. The molecule has 0 aliphatic carbocycles. The van der Waals surface area contributed by atoms with Crippen molar-refractivity contribution < 1.29 is 68.8 Å². The molecule has 276 valence electrons. The fourth-order valence-corrected chi connectivity index (χ4v) is 5.89. The molecule has 4 amide bonds. The van der Waals surface area contributed by atoms with E-state index in [4.69, 9.17) is 18.9 Å². The fraction of sp³-hybridized carbons (Fsp3) is 0.867. The molecule has 3 aliphatic rings. The maximum absolute atomic E-state index is 13.4. The van der Waals surface area contributed by atoms with Crippen LogP contribution >= 0.6 is 0 Å². The molecular formula is C30H52N4O14. The summed E-state index contributed by atoms with van der Waals surface area (Å²) in [5.41, 5.74) is 0. The van der Waals surface area contributed by atoms with Gasteiger partial charge in [0.15, 0.2) is 12.6 Å². The molecule has 0 aromatic carbocycles. The largest absolute Gasteiger partial charge is 0.388 e. The summed E-state index contributed by atoms with van der Waals surface area (Å²) in [5, 5.41) is 67.8. The van der Waals surface area contributed by atoms with Crippen LogP contribution in [0.5, 0.6) is 0 Å². The molecule has 18 heteroatoms. The monoisotopic (exact) mass is 692 g/mol. The second-order valence-corrected chi connectivity index (χ2v) is 12.3. The first-order valence-electron chi connectivity index (χ1n) is 16.5. The van der Waals surface area contributed by atoms with Gasteiger partial charge in [-0.15, -0.1) is 0 Å². The van der Waals surface area contributed by atoms with Crippen LogP contribution in [0.4, 0.5) is 0 Å². The minimum atomic E-state index is -1.50. The highest BCUT2D eigenvalue weighted by Crippen LogP contribution is 2.27. The quantitative estimate of drug-likeness (QED) is 0.0698. The molecule has 3 fully saturated rings. The van der Waals surface area contributed by atoms with Gasteiger partial charge in [-0.25, -0.2) is 0 Å². The maximum atomic E-state index is 13.4. The molecule has 0 bridgehead atoms. The first-order valence-corrected chi connectivity index (χ1v) is 16.5. The Morgan fingerprint density at radius 1 is 0.667 bits per heavy atom. The van der Waals surface area contributed by atoms with Gasteiger partial charge in [0.25, 0.3) is 0 Å². The Kier molecular flexibility index (Phi) is 15.8. The van der Waals surface area contributed by atoms with Crippen molar-refractivity contribution in [3.63, 3.8) is 0 Å². The van der Waals surface area contributed by atoms with E-state index in [0.29, 0.717) is 19.4 Å². The van der Waals surface area contributed by atoms with Gasteiger partial charge in [0, 0.05) is 32.5 Å². The lowest BCUT2D eigenvalue weighted by Crippen LogP contribution is -2.57. The van der Waals surface area contributed by atoms with E-state index in [-0.39, 0.29) is 57.9 Å². The zero-order valence-corrected chi connectivity index (χ0v) is 27.6. The lowest BCUT2D eigenvalue weighted by atomic mass is 10.0. The normalized spacial score (nSPS) is 35.2. The minimum Gasteiger partial charge on any atom is -0.388 e. The average molecular weight is 693 g/mol. The smallest absolute Gasteiger partial charge is 0.242 e. The number of likely N-dealkylation sites (tertiary alicyclic amines) is 1. The van der Waals surface area contributed by atoms with E-state index >= 15 is 0 Å². The van der Waals surface area contributed by atoms with E-state index in [1.54, 1.807) is 6.92 Å². The molecule has 3 rings (SSSR count). The van der Waals surface area contributed by atoms with E-state index < -0.39 is 91.2 Å². The Hall–Kier alpha value is -2.52. The van der Waals surface area contributed by atoms with Crippen LogP contribution in [0.1, 0.15) is 59.3 Å². The van der Waals surface area contributed by atoms with E-state index in [0.717, 1.165) is 0 Å². The van der Waals surface area contributed by atoms with Gasteiger partial charge >= 0.3 is 0 Å². The molecule has 9 N–H and O–H groups in total. The minimum absolute atomic E-state index is 0.00568. The van der Waals surface area contributed by atoms with Crippen LogP contribution in [0.3, 0.4) is 0 Å². The zero-order chi connectivity index (χ0) is 35.5. The number of ether oxygens (including phenoxy) is 4. The van der Waals surface area contributed by atoms with E-state index in [1.807, 2.05) is 0 Å². The Morgan fingerprint density at radius 3 is 1.54 bits per heavy atom. The molecule has 3 aliphatic heterocycles. The Morgan fingerprint density at radius 2 is 1.10 bits per heavy atom. The number of nitrogens with one attached hydrogen (secondary N) is 3. The topological polar surface area (TPSA) is 266 Å². The number of rotatable bonds is 16. The number of aliphatic hydroxyl groups excluding tert-OH is 6. The Balaban J connectivity index is 1.54. The number of nitrogens with zero attached hydrogens (tertiary/aromatic N) is 1. The van der Waals surface area contributed by atoms with Gasteiger partial charge in [0.1, 0.15) is 48.7 Å². The SMILES string of the molecule is CCNC(=O)CCCCC(=O)N1C(C(=O)NCCO[C@@H]2O[C@@H](C)[C@@H](O)[C@@H](O)[C@@H]2O)CCC1C(=O)NCCO[C@@H]1O[C@@H](C)[C@@H](O)[C@@H](O)[C@@H]1O. The molecule has 3 saturated heterocycles. The second-order valence-electron chi connectivity index (χ2n) is 12.3. The van der Waals surface area contributed by atoms with Crippen molar-refractivity contribution in [3.05, 3.63) is 0 Å². The summed E-state index contributed by atoms with van der Waals surface area (Å²) in [5.74, 6) is -1.63. The molecule has 48 heavy (non-hydrogen) atoms. The van der Waals surface area contributed by atoms with Crippen molar-refractivity contribution in [2.45, 2.75) is 133 Å². The Labute approximate surface area is 279 Å². The number of hydrogen-bond acceptors (Lipinski definition) is 14. The predicted molar refractivity (Wildman–Crippen MR) is 163 cm³/mol. The third-order valence-electron chi connectivity index (χ3n) is 8.68. The highest BCUT2D eigenvalue weighted by atomic mass is 16.7. The number of carbonyl (C=O) groups is 4. The molecule has 0 aromatic rings. The number of amides is 4. The van der Waals surface area contributed by atoms with Crippen LogP contribution in [0.2, 0.25) is 0 Å². The van der Waals surface area contributed by atoms with Gasteiger partial charge in [-0.1, -0.05) is 0 Å². The second kappa shape index (κ2) is 19.0. The standard InChI is InChI=1S/C30H52N4O14/c1-4-31-19(35)7-5-6-8-20(36)34-17(27(43)32-11-13-45-29-25(41)23(39)21(37)15(2)47-29)9-10-18(34)28(44)33-12-14-46-30-26(42)24(40)22(38)16(3)48-30/h15-18,21-26,29-30,37-42H,4-14H2,1-3H3,(H,31,35)(H,32,43)(H,33,44)/t15-,16-,17?,18?,21+,22+,23+,24+,25-,26-,29+,30+/m0/s1. The van der Waals surface area contributed by atoms with Crippen LogP contribution in [0, 0.1) is 0 Å². The van der Waals surface area contributed by atoms with Crippen LogP contribution in [-0.2, 0) is 38.1 Å². The molecule has 18 nitrogen and oxygen atoms in total. The van der Waals surface area contributed by atoms with Gasteiger partial charge in [0.05, 0.1) is 25.4 Å². The summed E-state index contributed by atoms with van der Waals surface area (Å²) in [6.07, 6.45) is -11.2. The third kappa shape index (κ3) is 10.5. The van der Waals surface area contributed by atoms with Gasteiger partial charge in [-0.3, -0.25) is 19.2 Å². The summed E-state index contributed by atoms with van der Waals surface area (Å²) in [6, 6.07) is -1.94. The molecule has 3 heterocycles. The number of unbranched alkanes of at least 4 members (excludes halogenated alkanes) is 1. The van der Waals surface area contributed by atoms with Gasteiger partial charge in [0.2, 0.25) is 23.6 Å². The highest BCUT2D eigenvalue weighted by Gasteiger charge is 2.45. The molecule has 2 unspecified atom stereocenters. The lowest BCUT2D eigenvalue weighted by Gasteiger charge is -2.39. The summed E-state index contributed by atoms with van der Waals surface area (Å²) in [6.45, 7) is 4.98. The Bertz CT molecular complexity index is 1010. The van der Waals surface area contributed by atoms with Gasteiger partial charge in [-0.2, -0.15) is 0 Å². The van der Waals surface area contributed by atoms with Crippen LogP contribution < -0.4 is 16.0 Å². The first-order chi connectivity index (χ1) is 22.8. The zero-order valence-electron chi connectivity index (χ0n) is 27.6. The van der Waals surface area contributed by atoms with E-state index in [9.17, 15) is 49.8 Å². The predicted octanol–water partition coefficient (Wildman–Crippen LogP) is -4.04. The van der Waals surface area contributed by atoms with Crippen molar-refractivity contribution in [3.8, 4) is 0 Å². The van der Waals surface area contributed by atoms with Crippen LogP contribution in [0.25, 0.3) is 0 Å². The molecular weight excluding hydrogens is 640 g/mol. The molecule has 0 spiro atoms. The van der Waals surface area contributed by atoms with E-state index in [2.05, 4.69) is 16.0 Å².